The zero-order chi connectivity index (χ0) is 16.5. The van der Waals surface area contributed by atoms with Crippen LogP contribution < -0.4 is 11.1 Å². The number of nitrogens with one attached hydrogen (secondary N) is 1. The summed E-state index contributed by atoms with van der Waals surface area (Å²) in [7, 11) is 0. The number of anilines is 3. The van der Waals surface area contributed by atoms with Gasteiger partial charge in [0.05, 0.1) is 11.3 Å². The molecule has 0 spiro atoms. The lowest BCUT2D eigenvalue weighted by atomic mass is 9.87. The second-order valence-corrected chi connectivity index (χ2v) is 6.11. The smallest absolute Gasteiger partial charge is 0.382 e. The Morgan fingerprint density at radius 1 is 1.00 bits per heavy atom. The molecule has 0 bridgehead atoms. The van der Waals surface area contributed by atoms with Crippen LogP contribution in [0.4, 0.5) is 30.4 Å². The van der Waals surface area contributed by atoms with Crippen molar-refractivity contribution in [3.05, 3.63) is 47.7 Å². The van der Waals surface area contributed by atoms with Crippen molar-refractivity contribution in [1.29, 1.82) is 0 Å². The molecule has 3 nitrogen and oxygen atoms in total. The van der Waals surface area contributed by atoms with Gasteiger partial charge in [-0.1, -0.05) is 32.9 Å². The van der Waals surface area contributed by atoms with Crippen molar-refractivity contribution in [1.82, 2.24) is 4.98 Å². The molecule has 0 amide bonds. The van der Waals surface area contributed by atoms with Crippen LogP contribution in [0.25, 0.3) is 0 Å². The lowest BCUT2D eigenvalue weighted by Crippen LogP contribution is -2.11. The molecular weight excluding hydrogens is 291 g/mol. The highest BCUT2D eigenvalue weighted by Crippen LogP contribution is 2.33. The van der Waals surface area contributed by atoms with Gasteiger partial charge in [0.2, 0.25) is 0 Å². The molecule has 0 unspecified atom stereocenters. The molecule has 2 rings (SSSR count). The Labute approximate surface area is 127 Å². The molecule has 0 aliphatic heterocycles. The molecule has 1 aromatic heterocycles. The average molecular weight is 309 g/mol. The van der Waals surface area contributed by atoms with Gasteiger partial charge in [0.25, 0.3) is 0 Å². The molecule has 0 radical (unpaired) electrons. The van der Waals surface area contributed by atoms with Crippen molar-refractivity contribution in [2.45, 2.75) is 32.4 Å². The van der Waals surface area contributed by atoms with Crippen LogP contribution in [0.5, 0.6) is 0 Å². The van der Waals surface area contributed by atoms with E-state index >= 15 is 0 Å². The van der Waals surface area contributed by atoms with E-state index in [1.165, 1.54) is 0 Å². The van der Waals surface area contributed by atoms with Crippen molar-refractivity contribution in [3.63, 3.8) is 0 Å². The van der Waals surface area contributed by atoms with Crippen molar-refractivity contribution >= 4 is 17.2 Å². The summed E-state index contributed by atoms with van der Waals surface area (Å²) in [5, 5.41) is 2.88. The summed E-state index contributed by atoms with van der Waals surface area (Å²) < 4.78 is 38.1. The molecular formula is C16H18F3N3. The summed E-state index contributed by atoms with van der Waals surface area (Å²) in [5.41, 5.74) is 6.73. The van der Waals surface area contributed by atoms with E-state index < -0.39 is 11.7 Å². The van der Waals surface area contributed by atoms with Crippen LogP contribution in [0.3, 0.4) is 0 Å². The van der Waals surface area contributed by atoms with Crippen LogP contribution in [0, 0.1) is 0 Å². The Bertz CT molecular complexity index is 656. The molecule has 0 saturated carbocycles. The van der Waals surface area contributed by atoms with E-state index in [-0.39, 0.29) is 16.9 Å². The second-order valence-electron chi connectivity index (χ2n) is 6.11. The number of alkyl halides is 3. The number of nitrogen functional groups attached to an aromatic ring is 1. The molecule has 6 heteroatoms. The normalized spacial score (nSPS) is 12.3. The van der Waals surface area contributed by atoms with E-state index in [1.54, 1.807) is 12.1 Å². The number of benzene rings is 1. The summed E-state index contributed by atoms with van der Waals surface area (Å²) >= 11 is 0. The van der Waals surface area contributed by atoms with Crippen molar-refractivity contribution < 1.29 is 13.2 Å². The van der Waals surface area contributed by atoms with Gasteiger partial charge in [-0.25, -0.2) is 4.98 Å². The fraction of sp³-hybridized carbons (Fsp3) is 0.312. The first-order valence-corrected chi connectivity index (χ1v) is 6.77. The zero-order valence-electron chi connectivity index (χ0n) is 12.6. The van der Waals surface area contributed by atoms with Gasteiger partial charge in [0.1, 0.15) is 5.82 Å². The molecule has 3 N–H and O–H groups in total. The van der Waals surface area contributed by atoms with Crippen LogP contribution in [0.15, 0.2) is 36.5 Å². The predicted octanol–water partition coefficient (Wildman–Crippen LogP) is 4.72. The third kappa shape index (κ3) is 3.69. The van der Waals surface area contributed by atoms with Gasteiger partial charge in [-0.3, -0.25) is 0 Å². The SMILES string of the molecule is CC(C)(C)c1ccc(Nc2cc(C(F)(F)F)cnc2N)cc1. The molecule has 0 fully saturated rings. The third-order valence-corrected chi connectivity index (χ3v) is 3.28. The highest BCUT2D eigenvalue weighted by atomic mass is 19.4. The Hall–Kier alpha value is -2.24. The third-order valence-electron chi connectivity index (χ3n) is 3.28. The summed E-state index contributed by atoms with van der Waals surface area (Å²) in [6.07, 6.45) is -3.73. The van der Waals surface area contributed by atoms with Crippen LogP contribution in [0.1, 0.15) is 31.9 Å². The van der Waals surface area contributed by atoms with E-state index in [9.17, 15) is 13.2 Å². The van der Waals surface area contributed by atoms with E-state index in [1.807, 2.05) is 12.1 Å². The highest BCUT2D eigenvalue weighted by molar-refractivity contribution is 5.70. The Morgan fingerprint density at radius 2 is 1.59 bits per heavy atom. The zero-order valence-corrected chi connectivity index (χ0v) is 12.6. The van der Waals surface area contributed by atoms with E-state index in [4.69, 9.17) is 5.73 Å². The number of hydrogen-bond acceptors (Lipinski definition) is 3. The van der Waals surface area contributed by atoms with Gasteiger partial charge in [-0.05, 0) is 29.2 Å². The Balaban J connectivity index is 2.27. The quantitative estimate of drug-likeness (QED) is 0.843. The average Bonchev–Trinajstić information content (AvgIpc) is 2.39. The van der Waals surface area contributed by atoms with Gasteiger partial charge in [-0.15, -0.1) is 0 Å². The maximum absolute atomic E-state index is 12.7. The molecule has 0 atom stereocenters. The standard InChI is InChI=1S/C16H18F3N3/c1-15(2,3)10-4-6-12(7-5-10)22-13-8-11(16(17,18)19)9-21-14(13)20/h4-9,22H,1-3H3,(H2,20,21). The molecule has 1 heterocycles. The highest BCUT2D eigenvalue weighted by Gasteiger charge is 2.31. The first kappa shape index (κ1) is 16.1. The van der Waals surface area contributed by atoms with Crippen LogP contribution in [0.2, 0.25) is 0 Å². The number of nitrogens with zero attached hydrogens (tertiary/aromatic N) is 1. The second kappa shape index (κ2) is 5.51. The van der Waals surface area contributed by atoms with E-state index in [0.29, 0.717) is 5.69 Å². The molecule has 2 aromatic rings. The largest absolute Gasteiger partial charge is 0.417 e. The molecule has 1 aromatic carbocycles. The van der Waals surface area contributed by atoms with Crippen LogP contribution in [-0.4, -0.2) is 4.98 Å². The fourth-order valence-corrected chi connectivity index (χ4v) is 1.94. The lowest BCUT2D eigenvalue weighted by molar-refractivity contribution is -0.137. The molecule has 0 saturated heterocycles. The van der Waals surface area contributed by atoms with Gasteiger partial charge in [0, 0.05) is 11.9 Å². The number of halogens is 3. The van der Waals surface area contributed by atoms with Crippen molar-refractivity contribution in [2.24, 2.45) is 0 Å². The molecule has 118 valence electrons. The lowest BCUT2D eigenvalue weighted by Gasteiger charge is -2.19. The summed E-state index contributed by atoms with van der Waals surface area (Å²) in [6.45, 7) is 6.26. The van der Waals surface area contributed by atoms with Gasteiger partial charge in [-0.2, -0.15) is 13.2 Å². The van der Waals surface area contributed by atoms with E-state index in [0.717, 1.165) is 17.8 Å². The molecule has 22 heavy (non-hydrogen) atoms. The number of nitrogens with two attached hydrogens (primary N) is 1. The number of aromatic nitrogens is 1. The van der Waals surface area contributed by atoms with E-state index in [2.05, 4.69) is 31.1 Å². The molecule has 0 aliphatic carbocycles. The first-order valence-electron chi connectivity index (χ1n) is 6.77. The first-order chi connectivity index (χ1) is 10.1. The summed E-state index contributed by atoms with van der Waals surface area (Å²) in [4.78, 5) is 3.59. The van der Waals surface area contributed by atoms with Gasteiger partial charge in [0.15, 0.2) is 0 Å². The predicted molar refractivity (Wildman–Crippen MR) is 82.1 cm³/mol. The van der Waals surface area contributed by atoms with Gasteiger partial charge < -0.3 is 11.1 Å². The fourth-order valence-electron chi connectivity index (χ4n) is 1.94. The monoisotopic (exact) mass is 309 g/mol. The number of hydrogen-bond donors (Lipinski definition) is 2. The van der Waals surface area contributed by atoms with Crippen molar-refractivity contribution in [2.75, 3.05) is 11.1 Å². The maximum Gasteiger partial charge on any atom is 0.417 e. The summed E-state index contributed by atoms with van der Waals surface area (Å²) in [5.74, 6) is 0.0212. The minimum atomic E-state index is -4.45. The van der Waals surface area contributed by atoms with Gasteiger partial charge >= 0.3 is 6.18 Å². The minimum absolute atomic E-state index is 0.00924. The maximum atomic E-state index is 12.7. The minimum Gasteiger partial charge on any atom is -0.382 e. The number of rotatable bonds is 2. The molecule has 0 aliphatic rings. The summed E-state index contributed by atoms with van der Waals surface area (Å²) in [6, 6.07) is 8.43. The van der Waals surface area contributed by atoms with Crippen LogP contribution >= 0.6 is 0 Å². The van der Waals surface area contributed by atoms with Crippen molar-refractivity contribution in [3.8, 4) is 0 Å². The Kier molecular flexibility index (Phi) is 4.04. The topological polar surface area (TPSA) is 50.9 Å². The Morgan fingerprint density at radius 3 is 2.09 bits per heavy atom. The number of pyridine rings is 1. The van der Waals surface area contributed by atoms with Crippen LogP contribution in [-0.2, 0) is 11.6 Å².